The van der Waals surface area contributed by atoms with Crippen molar-refractivity contribution in [3.63, 3.8) is 0 Å². The second-order valence-electron chi connectivity index (χ2n) is 4.98. The zero-order valence-electron chi connectivity index (χ0n) is 10.1. The molecule has 2 unspecified atom stereocenters. The van der Waals surface area contributed by atoms with Crippen LogP contribution in [0.15, 0.2) is 24.4 Å². The zero-order chi connectivity index (χ0) is 12.1. The third-order valence-corrected chi connectivity index (χ3v) is 3.67. The van der Waals surface area contributed by atoms with Crippen LogP contribution < -0.4 is 0 Å². The molecule has 1 fully saturated rings. The van der Waals surface area contributed by atoms with Crippen LogP contribution in [0.5, 0.6) is 0 Å². The van der Waals surface area contributed by atoms with Gasteiger partial charge in [-0.15, -0.1) is 0 Å². The van der Waals surface area contributed by atoms with E-state index in [2.05, 4.69) is 4.98 Å². The summed E-state index contributed by atoms with van der Waals surface area (Å²) in [7, 11) is 0. The normalized spacial score (nSPS) is 21.1. The van der Waals surface area contributed by atoms with Crippen molar-refractivity contribution in [2.45, 2.75) is 50.7 Å². The first-order valence-corrected chi connectivity index (χ1v) is 6.53. The number of nitrogens with zero attached hydrogens (tertiary/aromatic N) is 1. The van der Waals surface area contributed by atoms with Crippen molar-refractivity contribution in [2.24, 2.45) is 5.92 Å². The molecular formula is C14H21NO2. The summed E-state index contributed by atoms with van der Waals surface area (Å²) in [6.45, 7) is 0. The molecule has 0 aromatic carbocycles. The van der Waals surface area contributed by atoms with Crippen molar-refractivity contribution in [1.82, 2.24) is 4.98 Å². The summed E-state index contributed by atoms with van der Waals surface area (Å²) < 4.78 is 0. The Hall–Kier alpha value is -0.930. The number of pyridine rings is 1. The molecule has 3 nitrogen and oxygen atoms in total. The summed E-state index contributed by atoms with van der Waals surface area (Å²) in [6, 6.07) is 5.65. The maximum Gasteiger partial charge on any atom is 0.0857 e. The molecule has 3 heteroatoms. The van der Waals surface area contributed by atoms with Crippen LogP contribution in [0.25, 0.3) is 0 Å². The Labute approximate surface area is 103 Å². The molecule has 1 heterocycles. The number of aliphatic hydroxyl groups excluding tert-OH is 2. The number of aromatic nitrogens is 1. The predicted octanol–water partition coefficient (Wildman–Crippen LogP) is 1.93. The van der Waals surface area contributed by atoms with E-state index in [9.17, 15) is 10.2 Å². The van der Waals surface area contributed by atoms with Gasteiger partial charge in [-0.1, -0.05) is 25.3 Å². The smallest absolute Gasteiger partial charge is 0.0857 e. The van der Waals surface area contributed by atoms with E-state index in [0.29, 0.717) is 6.42 Å². The molecule has 0 bridgehead atoms. The molecule has 0 saturated heterocycles. The number of rotatable bonds is 4. The quantitative estimate of drug-likeness (QED) is 0.838. The second-order valence-corrected chi connectivity index (χ2v) is 4.98. The van der Waals surface area contributed by atoms with Gasteiger partial charge in [0, 0.05) is 18.3 Å². The standard InChI is InChI=1S/C14H21NO2/c16-13(10-12-8-4-5-9-15-12)14(17)11-6-2-1-3-7-11/h4-5,8-9,11,13-14,16-17H,1-3,6-7,10H2. The van der Waals surface area contributed by atoms with Crippen LogP contribution in [0.3, 0.4) is 0 Å². The van der Waals surface area contributed by atoms with Crippen LogP contribution in [0.2, 0.25) is 0 Å². The van der Waals surface area contributed by atoms with E-state index in [4.69, 9.17) is 0 Å². The lowest BCUT2D eigenvalue weighted by atomic mass is 9.82. The number of aliphatic hydroxyl groups is 2. The SMILES string of the molecule is OC(Cc1ccccn1)C(O)C1CCCCC1. The molecule has 1 aliphatic rings. The number of hydrogen-bond acceptors (Lipinski definition) is 3. The van der Waals surface area contributed by atoms with E-state index in [1.165, 1.54) is 19.3 Å². The highest BCUT2D eigenvalue weighted by molar-refractivity contribution is 5.05. The third kappa shape index (κ3) is 3.51. The Balaban J connectivity index is 1.88. The Kier molecular flexibility index (Phi) is 4.51. The molecule has 2 N–H and O–H groups in total. The first-order chi connectivity index (χ1) is 8.27. The Morgan fingerprint density at radius 3 is 2.59 bits per heavy atom. The fraction of sp³-hybridized carbons (Fsp3) is 0.643. The summed E-state index contributed by atoms with van der Waals surface area (Å²) >= 11 is 0. The maximum absolute atomic E-state index is 10.1. The van der Waals surface area contributed by atoms with Crippen molar-refractivity contribution in [3.05, 3.63) is 30.1 Å². The lowest BCUT2D eigenvalue weighted by Gasteiger charge is -2.29. The van der Waals surface area contributed by atoms with Gasteiger partial charge in [-0.25, -0.2) is 0 Å². The molecule has 1 aromatic rings. The van der Waals surface area contributed by atoms with Crippen LogP contribution in [0, 0.1) is 5.92 Å². The summed E-state index contributed by atoms with van der Waals surface area (Å²) in [6.07, 6.45) is 6.58. The van der Waals surface area contributed by atoms with Gasteiger partial charge in [0.05, 0.1) is 12.2 Å². The molecule has 0 aliphatic heterocycles. The first kappa shape index (κ1) is 12.5. The maximum atomic E-state index is 10.1. The Morgan fingerprint density at radius 1 is 1.18 bits per heavy atom. The van der Waals surface area contributed by atoms with Gasteiger partial charge >= 0.3 is 0 Å². The molecule has 94 valence electrons. The molecule has 0 amide bonds. The average Bonchev–Trinajstić information content (AvgIpc) is 2.40. The van der Waals surface area contributed by atoms with Crippen LogP contribution in [0.1, 0.15) is 37.8 Å². The van der Waals surface area contributed by atoms with Gasteiger partial charge < -0.3 is 10.2 Å². The van der Waals surface area contributed by atoms with Crippen molar-refractivity contribution < 1.29 is 10.2 Å². The van der Waals surface area contributed by atoms with Gasteiger partial charge in [0.15, 0.2) is 0 Å². The largest absolute Gasteiger partial charge is 0.390 e. The fourth-order valence-electron chi connectivity index (χ4n) is 2.64. The van der Waals surface area contributed by atoms with Crippen molar-refractivity contribution in [3.8, 4) is 0 Å². The van der Waals surface area contributed by atoms with E-state index in [-0.39, 0.29) is 5.92 Å². The van der Waals surface area contributed by atoms with E-state index < -0.39 is 12.2 Å². The van der Waals surface area contributed by atoms with Crippen molar-refractivity contribution in [2.75, 3.05) is 0 Å². The molecule has 0 spiro atoms. The van der Waals surface area contributed by atoms with Crippen LogP contribution in [0.4, 0.5) is 0 Å². The summed E-state index contributed by atoms with van der Waals surface area (Å²) in [4.78, 5) is 4.18. The summed E-state index contributed by atoms with van der Waals surface area (Å²) in [5.74, 6) is 0.266. The van der Waals surface area contributed by atoms with E-state index in [1.807, 2.05) is 18.2 Å². The zero-order valence-corrected chi connectivity index (χ0v) is 10.1. The highest BCUT2D eigenvalue weighted by Crippen LogP contribution is 2.28. The average molecular weight is 235 g/mol. The van der Waals surface area contributed by atoms with Crippen LogP contribution in [-0.2, 0) is 6.42 Å². The predicted molar refractivity (Wildman–Crippen MR) is 66.5 cm³/mol. The third-order valence-electron chi connectivity index (χ3n) is 3.67. The van der Waals surface area contributed by atoms with Gasteiger partial charge in [0.2, 0.25) is 0 Å². The molecule has 1 aromatic heterocycles. The minimum absolute atomic E-state index is 0.266. The van der Waals surface area contributed by atoms with Gasteiger partial charge in [-0.2, -0.15) is 0 Å². The van der Waals surface area contributed by atoms with Crippen LogP contribution in [-0.4, -0.2) is 27.4 Å². The fourth-order valence-corrected chi connectivity index (χ4v) is 2.64. The Bertz CT molecular complexity index is 322. The highest BCUT2D eigenvalue weighted by atomic mass is 16.3. The molecule has 0 radical (unpaired) electrons. The van der Waals surface area contributed by atoms with Crippen molar-refractivity contribution in [1.29, 1.82) is 0 Å². The molecule has 2 rings (SSSR count). The van der Waals surface area contributed by atoms with Gasteiger partial charge in [-0.3, -0.25) is 4.98 Å². The number of hydrogen-bond donors (Lipinski definition) is 2. The van der Waals surface area contributed by atoms with Gasteiger partial charge in [-0.05, 0) is 30.9 Å². The summed E-state index contributed by atoms with van der Waals surface area (Å²) in [5, 5.41) is 20.2. The van der Waals surface area contributed by atoms with Crippen LogP contribution >= 0.6 is 0 Å². The van der Waals surface area contributed by atoms with Gasteiger partial charge in [0.25, 0.3) is 0 Å². The van der Waals surface area contributed by atoms with E-state index >= 15 is 0 Å². The molecule has 1 aliphatic carbocycles. The minimum atomic E-state index is -0.687. The Morgan fingerprint density at radius 2 is 1.94 bits per heavy atom. The topological polar surface area (TPSA) is 53.4 Å². The first-order valence-electron chi connectivity index (χ1n) is 6.53. The molecule has 17 heavy (non-hydrogen) atoms. The van der Waals surface area contributed by atoms with Crippen molar-refractivity contribution >= 4 is 0 Å². The second kappa shape index (κ2) is 6.12. The van der Waals surface area contributed by atoms with E-state index in [0.717, 1.165) is 18.5 Å². The molecule has 1 saturated carbocycles. The lowest BCUT2D eigenvalue weighted by molar-refractivity contribution is -0.0267. The van der Waals surface area contributed by atoms with Gasteiger partial charge in [0.1, 0.15) is 0 Å². The monoisotopic (exact) mass is 235 g/mol. The molecule has 2 atom stereocenters. The molecular weight excluding hydrogens is 214 g/mol. The van der Waals surface area contributed by atoms with E-state index in [1.54, 1.807) is 6.20 Å². The lowest BCUT2D eigenvalue weighted by Crippen LogP contribution is -2.36. The summed E-state index contributed by atoms with van der Waals surface area (Å²) in [5.41, 5.74) is 0.842. The minimum Gasteiger partial charge on any atom is -0.390 e. The highest BCUT2D eigenvalue weighted by Gasteiger charge is 2.27.